The number of H-pyrrole nitrogens is 1. The number of fused-ring (bicyclic) bond motifs is 1. The van der Waals surface area contributed by atoms with Crippen LogP contribution in [0.15, 0.2) is 44.9 Å². The molecule has 0 fully saturated rings. The van der Waals surface area contributed by atoms with Crippen LogP contribution in [0.4, 0.5) is 5.69 Å². The number of sulfonamides is 2. The number of nitrogens with two attached hydrogens (primary N) is 1. The molecule has 0 bridgehead atoms. The molecule has 3 aromatic rings. The lowest BCUT2D eigenvalue weighted by Crippen LogP contribution is -2.13. The molecule has 11 heteroatoms. The van der Waals surface area contributed by atoms with Crippen molar-refractivity contribution in [2.45, 2.75) is 9.10 Å². The van der Waals surface area contributed by atoms with Crippen LogP contribution in [0.25, 0.3) is 10.9 Å². The summed E-state index contributed by atoms with van der Waals surface area (Å²) in [6.45, 7) is 0. The van der Waals surface area contributed by atoms with Crippen LogP contribution in [0.1, 0.15) is 0 Å². The number of anilines is 1. The summed E-state index contributed by atoms with van der Waals surface area (Å²) in [5.74, 6) is 0. The van der Waals surface area contributed by atoms with E-state index in [1.54, 1.807) is 24.4 Å². The Morgan fingerprint density at radius 1 is 1.22 bits per heavy atom. The highest BCUT2D eigenvalue weighted by Crippen LogP contribution is 2.30. The molecule has 0 radical (unpaired) electrons. The van der Waals surface area contributed by atoms with E-state index >= 15 is 0 Å². The third kappa shape index (κ3) is 3.08. The van der Waals surface area contributed by atoms with Gasteiger partial charge in [0.2, 0.25) is 10.0 Å². The third-order valence-electron chi connectivity index (χ3n) is 3.05. The number of benzene rings is 1. The Morgan fingerprint density at radius 2 is 1.96 bits per heavy atom. The van der Waals surface area contributed by atoms with E-state index in [0.29, 0.717) is 21.6 Å². The zero-order valence-corrected chi connectivity index (χ0v) is 14.5. The third-order valence-corrected chi connectivity index (χ3v) is 7.24. The minimum atomic E-state index is -3.96. The summed E-state index contributed by atoms with van der Waals surface area (Å²) in [6, 6.07) is 5.99. The van der Waals surface area contributed by atoms with Gasteiger partial charge in [0.15, 0.2) is 0 Å². The fourth-order valence-electron chi connectivity index (χ4n) is 2.00. The van der Waals surface area contributed by atoms with Gasteiger partial charge in [-0.25, -0.2) is 22.0 Å². The summed E-state index contributed by atoms with van der Waals surface area (Å²) in [6.07, 6.45) is 1.55. The summed E-state index contributed by atoms with van der Waals surface area (Å²) in [4.78, 5) is 2.71. The summed E-state index contributed by atoms with van der Waals surface area (Å²) in [5.41, 5.74) is 0.834. The molecule has 0 aliphatic carbocycles. The fourth-order valence-corrected chi connectivity index (χ4v) is 5.33. The SMILES string of the molecule is NS(=O)(=O)c1cc(S(=O)(=O)Nc2cccc3c(Cl)c[nH]c23)cs1. The van der Waals surface area contributed by atoms with Gasteiger partial charge in [0.25, 0.3) is 10.0 Å². The minimum absolute atomic E-state index is 0.179. The van der Waals surface area contributed by atoms with E-state index in [0.717, 1.165) is 17.4 Å². The van der Waals surface area contributed by atoms with E-state index in [9.17, 15) is 16.8 Å². The van der Waals surface area contributed by atoms with Gasteiger partial charge in [0.05, 0.1) is 21.1 Å². The number of halogens is 1. The monoisotopic (exact) mass is 391 g/mol. The molecule has 0 aliphatic heterocycles. The summed E-state index contributed by atoms with van der Waals surface area (Å²) in [7, 11) is -7.90. The second-order valence-electron chi connectivity index (χ2n) is 4.62. The molecule has 2 aromatic heterocycles. The molecule has 1 aromatic carbocycles. The number of thiophene rings is 1. The molecule has 2 heterocycles. The van der Waals surface area contributed by atoms with Gasteiger partial charge in [-0.2, -0.15) is 0 Å². The molecule has 0 spiro atoms. The number of primary sulfonamides is 1. The number of para-hydroxylation sites is 1. The maximum absolute atomic E-state index is 12.4. The van der Waals surface area contributed by atoms with Crippen LogP contribution in [0.2, 0.25) is 5.02 Å². The number of aromatic amines is 1. The van der Waals surface area contributed by atoms with E-state index in [2.05, 4.69) is 9.71 Å². The van der Waals surface area contributed by atoms with Crippen LogP contribution < -0.4 is 9.86 Å². The summed E-state index contributed by atoms with van der Waals surface area (Å²) < 4.78 is 49.5. The van der Waals surface area contributed by atoms with Gasteiger partial charge in [0, 0.05) is 17.0 Å². The van der Waals surface area contributed by atoms with Crippen LogP contribution in [-0.4, -0.2) is 21.8 Å². The molecule has 4 N–H and O–H groups in total. The van der Waals surface area contributed by atoms with Crippen LogP contribution >= 0.6 is 22.9 Å². The first-order valence-corrected chi connectivity index (χ1v) is 10.4. The Labute approximate surface area is 141 Å². The van der Waals surface area contributed by atoms with Crippen LogP contribution in [0.3, 0.4) is 0 Å². The van der Waals surface area contributed by atoms with Crippen molar-refractivity contribution in [1.82, 2.24) is 4.98 Å². The van der Waals surface area contributed by atoms with Crippen molar-refractivity contribution in [3.8, 4) is 0 Å². The average molecular weight is 392 g/mol. The molecule has 0 saturated carbocycles. The molecule has 122 valence electrons. The molecule has 23 heavy (non-hydrogen) atoms. The van der Waals surface area contributed by atoms with Crippen molar-refractivity contribution in [2.24, 2.45) is 5.14 Å². The van der Waals surface area contributed by atoms with Crippen molar-refractivity contribution in [2.75, 3.05) is 4.72 Å². The fraction of sp³-hybridized carbons (Fsp3) is 0. The average Bonchev–Trinajstić information content (AvgIpc) is 3.07. The lowest BCUT2D eigenvalue weighted by Gasteiger charge is -2.07. The zero-order chi connectivity index (χ0) is 16.8. The smallest absolute Gasteiger partial charge is 0.262 e. The highest BCUT2D eigenvalue weighted by molar-refractivity contribution is 7.93. The van der Waals surface area contributed by atoms with E-state index < -0.39 is 20.0 Å². The number of nitrogens with one attached hydrogen (secondary N) is 2. The molecule has 0 aliphatic rings. The highest BCUT2D eigenvalue weighted by Gasteiger charge is 2.21. The van der Waals surface area contributed by atoms with E-state index in [4.69, 9.17) is 16.7 Å². The first-order chi connectivity index (χ1) is 10.7. The standard InChI is InChI=1S/C12H10ClN3O4S3/c13-9-5-15-12-8(9)2-1-3-10(12)16-23(19,20)7-4-11(21-6-7)22(14,17)18/h1-6,15-16H,(H2,14,17,18). The van der Waals surface area contributed by atoms with Crippen LogP contribution in [-0.2, 0) is 20.0 Å². The van der Waals surface area contributed by atoms with Gasteiger partial charge >= 0.3 is 0 Å². The maximum Gasteiger partial charge on any atom is 0.262 e. The normalized spacial score (nSPS) is 12.6. The van der Waals surface area contributed by atoms with Gasteiger partial charge in [-0.05, 0) is 12.1 Å². The maximum atomic E-state index is 12.4. The van der Waals surface area contributed by atoms with Crippen molar-refractivity contribution < 1.29 is 16.8 Å². The molecule has 3 rings (SSSR count). The lowest BCUT2D eigenvalue weighted by atomic mass is 10.2. The van der Waals surface area contributed by atoms with Gasteiger partial charge in [-0.15, -0.1) is 11.3 Å². The molecule has 0 amide bonds. The molecule has 0 unspecified atom stereocenters. The first kappa shape index (κ1) is 16.3. The molecule has 0 atom stereocenters. The Bertz CT molecular complexity index is 1100. The first-order valence-electron chi connectivity index (χ1n) is 6.08. The van der Waals surface area contributed by atoms with Gasteiger partial charge < -0.3 is 4.98 Å². The van der Waals surface area contributed by atoms with E-state index in [1.807, 2.05) is 0 Å². The second kappa shape index (κ2) is 5.49. The predicted octanol–water partition coefficient (Wildman–Crippen LogP) is 2.33. The predicted molar refractivity (Wildman–Crippen MR) is 89.8 cm³/mol. The lowest BCUT2D eigenvalue weighted by molar-refractivity contribution is 0.599. The van der Waals surface area contributed by atoms with E-state index in [1.165, 1.54) is 5.38 Å². The van der Waals surface area contributed by atoms with Crippen LogP contribution in [0.5, 0.6) is 0 Å². The largest absolute Gasteiger partial charge is 0.358 e. The summed E-state index contributed by atoms with van der Waals surface area (Å²) >= 11 is 6.74. The van der Waals surface area contributed by atoms with Crippen molar-refractivity contribution in [3.05, 3.63) is 40.9 Å². The molecule has 0 saturated heterocycles. The van der Waals surface area contributed by atoms with Crippen molar-refractivity contribution in [3.63, 3.8) is 0 Å². The second-order valence-corrected chi connectivity index (χ2v) is 9.41. The van der Waals surface area contributed by atoms with Gasteiger partial charge in [-0.1, -0.05) is 23.7 Å². The Kier molecular flexibility index (Phi) is 3.89. The molecule has 7 nitrogen and oxygen atoms in total. The molecular formula is C12H10ClN3O4S3. The van der Waals surface area contributed by atoms with Crippen molar-refractivity contribution in [1.29, 1.82) is 0 Å². The quantitative estimate of drug-likeness (QED) is 0.631. The van der Waals surface area contributed by atoms with Crippen LogP contribution in [0, 0.1) is 0 Å². The zero-order valence-electron chi connectivity index (χ0n) is 11.3. The van der Waals surface area contributed by atoms with Gasteiger partial charge in [0.1, 0.15) is 4.21 Å². The number of hydrogen-bond donors (Lipinski definition) is 3. The summed E-state index contributed by atoms with van der Waals surface area (Å²) in [5, 5.41) is 7.34. The van der Waals surface area contributed by atoms with Gasteiger partial charge in [-0.3, -0.25) is 4.72 Å². The Hall–Kier alpha value is -1.59. The van der Waals surface area contributed by atoms with E-state index in [-0.39, 0.29) is 9.10 Å². The topological polar surface area (TPSA) is 122 Å². The number of aromatic nitrogens is 1. The highest BCUT2D eigenvalue weighted by atomic mass is 35.5. The number of hydrogen-bond acceptors (Lipinski definition) is 5. The minimum Gasteiger partial charge on any atom is -0.358 e. The number of rotatable bonds is 4. The Morgan fingerprint density at radius 3 is 2.61 bits per heavy atom. The Balaban J connectivity index is 2.02. The molecular weight excluding hydrogens is 382 g/mol. The van der Waals surface area contributed by atoms with Crippen molar-refractivity contribution >= 4 is 59.6 Å².